The third-order valence-electron chi connectivity index (χ3n) is 3.34. The van der Waals surface area contributed by atoms with E-state index in [4.69, 9.17) is 32.7 Å². The van der Waals surface area contributed by atoms with E-state index in [-0.39, 0.29) is 6.54 Å². The first-order chi connectivity index (χ1) is 12.5. The molecule has 0 unspecified atom stereocenters. The first-order valence-corrected chi connectivity index (χ1v) is 8.50. The highest BCUT2D eigenvalue weighted by atomic mass is 35.5. The maximum absolute atomic E-state index is 12.1. The quantitative estimate of drug-likeness (QED) is 0.556. The largest absolute Gasteiger partial charge is 0.489 e. The Balaban J connectivity index is 1.93. The molecule has 0 aliphatic carbocycles. The second kappa shape index (κ2) is 10.0. The molecule has 6 nitrogen and oxygen atoms in total. The van der Waals surface area contributed by atoms with E-state index in [2.05, 4.69) is 10.6 Å². The van der Waals surface area contributed by atoms with Gasteiger partial charge in [0.2, 0.25) is 0 Å². The number of benzene rings is 2. The summed E-state index contributed by atoms with van der Waals surface area (Å²) in [4.78, 5) is 24.1. The van der Waals surface area contributed by atoms with Gasteiger partial charge in [0.1, 0.15) is 12.4 Å². The van der Waals surface area contributed by atoms with Crippen molar-refractivity contribution in [2.45, 2.75) is 6.54 Å². The van der Waals surface area contributed by atoms with Crippen LogP contribution in [-0.4, -0.2) is 32.1 Å². The van der Waals surface area contributed by atoms with Crippen LogP contribution >= 0.6 is 23.2 Å². The van der Waals surface area contributed by atoms with Crippen molar-refractivity contribution in [1.82, 2.24) is 5.32 Å². The van der Waals surface area contributed by atoms with E-state index in [0.29, 0.717) is 40.3 Å². The van der Waals surface area contributed by atoms with Crippen molar-refractivity contribution in [3.05, 3.63) is 58.1 Å². The minimum Gasteiger partial charge on any atom is -0.489 e. The Hall–Kier alpha value is -2.28. The average Bonchev–Trinajstić information content (AvgIpc) is 2.62. The standard InChI is InChI=1S/C18H18Cl2N2O4/c1-25-8-9-26-16-5-3-2-4-15(16)22-18(24)17(23)21-11-12-6-7-13(19)10-14(12)20/h2-7,10H,8-9,11H2,1H3,(H,21,23)(H,22,24). The van der Waals surface area contributed by atoms with Crippen LogP contribution in [0.1, 0.15) is 5.56 Å². The van der Waals surface area contributed by atoms with E-state index in [9.17, 15) is 9.59 Å². The lowest BCUT2D eigenvalue weighted by molar-refractivity contribution is -0.136. The molecule has 0 saturated heterocycles. The number of hydrogen-bond acceptors (Lipinski definition) is 4. The van der Waals surface area contributed by atoms with Crippen LogP contribution in [0.15, 0.2) is 42.5 Å². The van der Waals surface area contributed by atoms with E-state index in [0.717, 1.165) is 0 Å². The molecule has 0 heterocycles. The molecule has 2 amide bonds. The average molecular weight is 397 g/mol. The number of carbonyl (C=O) groups excluding carboxylic acids is 2. The molecule has 0 aliphatic rings. The molecular weight excluding hydrogens is 379 g/mol. The van der Waals surface area contributed by atoms with Gasteiger partial charge in [0.15, 0.2) is 0 Å². The molecule has 0 radical (unpaired) electrons. The van der Waals surface area contributed by atoms with E-state index in [1.807, 2.05) is 0 Å². The second-order valence-electron chi connectivity index (χ2n) is 5.21. The highest BCUT2D eigenvalue weighted by Crippen LogP contribution is 2.24. The predicted octanol–water partition coefficient (Wildman–Crippen LogP) is 3.27. The number of hydrogen-bond donors (Lipinski definition) is 2. The van der Waals surface area contributed by atoms with Gasteiger partial charge in [0, 0.05) is 23.7 Å². The van der Waals surface area contributed by atoms with Gasteiger partial charge < -0.3 is 20.1 Å². The van der Waals surface area contributed by atoms with Gasteiger partial charge in [-0.1, -0.05) is 41.4 Å². The zero-order chi connectivity index (χ0) is 18.9. The lowest BCUT2D eigenvalue weighted by Crippen LogP contribution is -2.35. The Morgan fingerprint density at radius 3 is 2.54 bits per heavy atom. The Labute approximate surface area is 161 Å². The van der Waals surface area contributed by atoms with E-state index < -0.39 is 11.8 Å². The van der Waals surface area contributed by atoms with Crippen molar-refractivity contribution in [2.75, 3.05) is 25.6 Å². The fourth-order valence-electron chi connectivity index (χ4n) is 2.03. The maximum Gasteiger partial charge on any atom is 0.313 e. The van der Waals surface area contributed by atoms with Crippen molar-refractivity contribution in [1.29, 1.82) is 0 Å². The van der Waals surface area contributed by atoms with Crippen LogP contribution in [0.4, 0.5) is 5.69 Å². The lowest BCUT2D eigenvalue weighted by Gasteiger charge is -2.12. The Bertz CT molecular complexity index is 784. The van der Waals surface area contributed by atoms with Crippen molar-refractivity contribution >= 4 is 40.7 Å². The molecule has 0 bridgehead atoms. The van der Waals surface area contributed by atoms with Crippen molar-refractivity contribution in [3.8, 4) is 5.75 Å². The van der Waals surface area contributed by atoms with Gasteiger partial charge in [-0.2, -0.15) is 0 Å². The molecule has 2 rings (SSSR count). The highest BCUT2D eigenvalue weighted by Gasteiger charge is 2.16. The molecule has 0 spiro atoms. The maximum atomic E-state index is 12.1. The monoisotopic (exact) mass is 396 g/mol. The summed E-state index contributed by atoms with van der Waals surface area (Å²) in [5.74, 6) is -1.15. The fourth-order valence-corrected chi connectivity index (χ4v) is 2.51. The fraction of sp³-hybridized carbons (Fsp3) is 0.222. The third-order valence-corrected chi connectivity index (χ3v) is 3.93. The summed E-state index contributed by atoms with van der Waals surface area (Å²) in [6.45, 7) is 0.837. The van der Waals surface area contributed by atoms with Crippen LogP contribution < -0.4 is 15.4 Å². The zero-order valence-electron chi connectivity index (χ0n) is 14.1. The minimum atomic E-state index is -0.808. The molecule has 8 heteroatoms. The van der Waals surface area contributed by atoms with Gasteiger partial charge >= 0.3 is 11.8 Å². The molecular formula is C18H18Cl2N2O4. The van der Waals surface area contributed by atoms with Crippen molar-refractivity contribution in [2.24, 2.45) is 0 Å². The summed E-state index contributed by atoms with van der Waals surface area (Å²) < 4.78 is 10.4. The topological polar surface area (TPSA) is 76.7 Å². The summed E-state index contributed by atoms with van der Waals surface area (Å²) >= 11 is 11.9. The van der Waals surface area contributed by atoms with Gasteiger partial charge in [0.05, 0.1) is 12.3 Å². The summed E-state index contributed by atoms with van der Waals surface area (Å²) in [5.41, 5.74) is 1.05. The third kappa shape index (κ3) is 5.91. The molecule has 2 aromatic rings. The van der Waals surface area contributed by atoms with Gasteiger partial charge in [-0.25, -0.2) is 0 Å². The summed E-state index contributed by atoms with van der Waals surface area (Å²) in [5, 5.41) is 5.94. The predicted molar refractivity (Wildman–Crippen MR) is 101 cm³/mol. The number of para-hydroxylation sites is 2. The van der Waals surface area contributed by atoms with Crippen molar-refractivity contribution in [3.63, 3.8) is 0 Å². The Morgan fingerprint density at radius 1 is 1.04 bits per heavy atom. The van der Waals surface area contributed by atoms with E-state index in [1.54, 1.807) is 49.6 Å². The van der Waals surface area contributed by atoms with E-state index >= 15 is 0 Å². The molecule has 26 heavy (non-hydrogen) atoms. The Morgan fingerprint density at radius 2 is 1.81 bits per heavy atom. The van der Waals surface area contributed by atoms with Crippen LogP contribution in [-0.2, 0) is 20.9 Å². The summed E-state index contributed by atoms with van der Waals surface area (Å²) in [6, 6.07) is 11.7. The van der Waals surface area contributed by atoms with Gasteiger partial charge in [-0.3, -0.25) is 9.59 Å². The number of carbonyl (C=O) groups is 2. The number of nitrogens with one attached hydrogen (secondary N) is 2. The van der Waals surface area contributed by atoms with Crippen LogP contribution in [0.2, 0.25) is 10.0 Å². The normalized spacial score (nSPS) is 10.3. The summed E-state index contributed by atoms with van der Waals surface area (Å²) in [6.07, 6.45) is 0. The van der Waals surface area contributed by atoms with Crippen LogP contribution in [0.3, 0.4) is 0 Å². The molecule has 2 aromatic carbocycles. The molecule has 0 fully saturated rings. The van der Waals surface area contributed by atoms with Crippen LogP contribution in [0.5, 0.6) is 5.75 Å². The smallest absolute Gasteiger partial charge is 0.313 e. The molecule has 0 aromatic heterocycles. The minimum absolute atomic E-state index is 0.105. The number of ether oxygens (including phenoxy) is 2. The molecule has 0 atom stereocenters. The molecule has 2 N–H and O–H groups in total. The number of rotatable bonds is 7. The van der Waals surface area contributed by atoms with Gasteiger partial charge in [-0.15, -0.1) is 0 Å². The first kappa shape index (κ1) is 20.0. The zero-order valence-corrected chi connectivity index (χ0v) is 15.6. The molecule has 0 saturated carbocycles. The van der Waals surface area contributed by atoms with Crippen LogP contribution in [0.25, 0.3) is 0 Å². The first-order valence-electron chi connectivity index (χ1n) is 7.75. The van der Waals surface area contributed by atoms with Gasteiger partial charge in [-0.05, 0) is 29.8 Å². The highest BCUT2D eigenvalue weighted by molar-refractivity contribution is 6.40. The number of methoxy groups -OCH3 is 1. The number of halogens is 2. The summed E-state index contributed by atoms with van der Waals surface area (Å²) in [7, 11) is 1.56. The van der Waals surface area contributed by atoms with Crippen LogP contribution in [0, 0.1) is 0 Å². The Kier molecular flexibility index (Phi) is 7.72. The second-order valence-corrected chi connectivity index (χ2v) is 6.05. The van der Waals surface area contributed by atoms with Gasteiger partial charge in [0.25, 0.3) is 0 Å². The van der Waals surface area contributed by atoms with Crippen molar-refractivity contribution < 1.29 is 19.1 Å². The molecule has 0 aliphatic heterocycles. The number of anilines is 1. The number of amides is 2. The molecule has 138 valence electrons. The van der Waals surface area contributed by atoms with E-state index in [1.165, 1.54) is 0 Å². The lowest BCUT2D eigenvalue weighted by atomic mass is 10.2. The SMILES string of the molecule is COCCOc1ccccc1NC(=O)C(=O)NCc1ccc(Cl)cc1Cl.